The Morgan fingerprint density at radius 2 is 1.02 bits per heavy atom. The molecule has 4 unspecified atom stereocenters. The summed E-state index contributed by atoms with van der Waals surface area (Å²) in [5, 5.41) is 43.2. The van der Waals surface area contributed by atoms with E-state index in [1.54, 1.807) is 0 Å². The van der Waals surface area contributed by atoms with Gasteiger partial charge in [0.15, 0.2) is 0 Å². The van der Waals surface area contributed by atoms with Crippen LogP contribution in [0.2, 0.25) is 0 Å². The Kier molecular flexibility index (Phi) is 30.8. The lowest BCUT2D eigenvalue weighted by Gasteiger charge is -2.27. The number of hydrogen-bond donors (Lipinski definition) is 5. The summed E-state index contributed by atoms with van der Waals surface area (Å²) < 4.78 is 0. The quantitative estimate of drug-likeness (QED) is 0.0310. The second kappa shape index (κ2) is 31.9. The minimum absolute atomic E-state index is 0.356. The fourth-order valence-electron chi connectivity index (χ4n) is 5.16. The van der Waals surface area contributed by atoms with E-state index in [-0.39, 0.29) is 0 Å². The second-order valence-electron chi connectivity index (χ2n) is 12.2. The highest BCUT2D eigenvalue weighted by Gasteiger charge is 2.28. The lowest BCUT2D eigenvalue weighted by atomic mass is 10.00. The van der Waals surface area contributed by atoms with Crippen LogP contribution >= 0.6 is 0 Å². The number of allylic oxidation sites excluding steroid dienone is 6. The molecular formula is C37H69NO5. The predicted octanol–water partition coefficient (Wildman–Crippen LogP) is 8.23. The Morgan fingerprint density at radius 3 is 1.58 bits per heavy atom. The van der Waals surface area contributed by atoms with Gasteiger partial charge in [0.1, 0.15) is 12.2 Å². The first-order valence-corrected chi connectivity index (χ1v) is 17.9. The zero-order valence-corrected chi connectivity index (χ0v) is 27.9. The number of unbranched alkanes of at least 4 members (excludes halogenated alkanes) is 17. The zero-order valence-electron chi connectivity index (χ0n) is 27.9. The van der Waals surface area contributed by atoms with Gasteiger partial charge in [0, 0.05) is 0 Å². The van der Waals surface area contributed by atoms with Gasteiger partial charge in [-0.2, -0.15) is 0 Å². The monoisotopic (exact) mass is 608 g/mol. The fourth-order valence-corrected chi connectivity index (χ4v) is 5.16. The van der Waals surface area contributed by atoms with E-state index in [4.69, 9.17) is 0 Å². The molecule has 0 saturated heterocycles. The Labute approximate surface area is 265 Å². The Hall–Kier alpha value is -1.47. The summed E-state index contributed by atoms with van der Waals surface area (Å²) in [6, 6.07) is -1.00. The number of carbonyl (C=O) groups is 1. The van der Waals surface area contributed by atoms with E-state index in [1.807, 2.05) is 0 Å². The smallest absolute Gasteiger partial charge is 0.249 e. The highest BCUT2D eigenvalue weighted by atomic mass is 16.3. The molecule has 4 atom stereocenters. The standard InChI is InChI=1S/C37H69NO5/c1-3-5-7-9-11-13-14-15-16-17-18-19-20-21-23-25-27-29-31-35(41)37(43)38-33(32-39)36(42)34(40)30-28-26-24-22-12-10-8-6-4-2/h11,13-15,22,24,33-36,39-42H,3-10,12,16-21,23,25-32H2,1-2H3,(H,38,43)/b13-11-,15-14-,24-22+. The largest absolute Gasteiger partial charge is 0.394 e. The van der Waals surface area contributed by atoms with Gasteiger partial charge in [-0.15, -0.1) is 0 Å². The minimum atomic E-state index is -1.28. The van der Waals surface area contributed by atoms with Crippen molar-refractivity contribution >= 4 is 5.91 Å². The molecule has 5 N–H and O–H groups in total. The lowest BCUT2D eigenvalue weighted by molar-refractivity contribution is -0.132. The van der Waals surface area contributed by atoms with E-state index in [1.165, 1.54) is 89.9 Å². The fraction of sp³-hybridized carbons (Fsp3) is 0.811. The summed E-state index contributed by atoms with van der Waals surface area (Å²) in [5.41, 5.74) is 0. The average Bonchev–Trinajstić information content (AvgIpc) is 3.01. The molecule has 1 amide bonds. The van der Waals surface area contributed by atoms with E-state index < -0.39 is 36.9 Å². The van der Waals surface area contributed by atoms with Crippen molar-refractivity contribution in [2.75, 3.05) is 6.61 Å². The van der Waals surface area contributed by atoms with Crippen LogP contribution in [0.3, 0.4) is 0 Å². The SMILES string of the molecule is CCCCC/C=C\C=C/CCCCCCCCCCCC(O)C(=O)NC(CO)C(O)C(O)CCC/C=C/CCCCCC. The molecule has 0 aromatic heterocycles. The average molecular weight is 608 g/mol. The van der Waals surface area contributed by atoms with Crippen molar-refractivity contribution in [2.24, 2.45) is 0 Å². The van der Waals surface area contributed by atoms with Crippen LogP contribution in [0.25, 0.3) is 0 Å². The molecule has 6 heteroatoms. The summed E-state index contributed by atoms with van der Waals surface area (Å²) >= 11 is 0. The first kappa shape index (κ1) is 41.5. The molecule has 0 aromatic rings. The van der Waals surface area contributed by atoms with Crippen LogP contribution in [0.1, 0.15) is 162 Å². The molecule has 0 aliphatic carbocycles. The number of aliphatic hydroxyl groups excluding tert-OH is 4. The summed E-state index contributed by atoms with van der Waals surface area (Å²) in [7, 11) is 0. The zero-order chi connectivity index (χ0) is 31.8. The third kappa shape index (κ3) is 26.6. The van der Waals surface area contributed by atoms with Crippen LogP contribution < -0.4 is 5.32 Å². The molecule has 0 aromatic carbocycles. The highest BCUT2D eigenvalue weighted by molar-refractivity contribution is 5.80. The number of hydrogen-bond acceptors (Lipinski definition) is 5. The number of nitrogens with one attached hydrogen (secondary N) is 1. The van der Waals surface area contributed by atoms with Crippen LogP contribution in [0.5, 0.6) is 0 Å². The predicted molar refractivity (Wildman–Crippen MR) is 182 cm³/mol. The van der Waals surface area contributed by atoms with Crippen molar-refractivity contribution < 1.29 is 25.2 Å². The van der Waals surface area contributed by atoms with Crippen molar-refractivity contribution in [3.63, 3.8) is 0 Å². The molecule has 6 nitrogen and oxygen atoms in total. The summed E-state index contributed by atoms with van der Waals surface area (Å²) in [5.74, 6) is -0.603. The van der Waals surface area contributed by atoms with Crippen molar-refractivity contribution in [3.05, 3.63) is 36.5 Å². The normalized spacial score (nSPS) is 15.0. The van der Waals surface area contributed by atoms with E-state index in [2.05, 4.69) is 55.6 Å². The summed E-state index contributed by atoms with van der Waals surface area (Å²) in [6.45, 7) is 3.94. The van der Waals surface area contributed by atoms with E-state index in [9.17, 15) is 25.2 Å². The third-order valence-corrected chi connectivity index (χ3v) is 8.10. The van der Waals surface area contributed by atoms with Crippen molar-refractivity contribution in [1.82, 2.24) is 5.32 Å². The summed E-state index contributed by atoms with van der Waals surface area (Å²) in [4.78, 5) is 12.4. The van der Waals surface area contributed by atoms with Gasteiger partial charge in [-0.05, 0) is 64.2 Å². The number of carbonyl (C=O) groups excluding carboxylic acids is 1. The van der Waals surface area contributed by atoms with E-state index in [0.717, 1.165) is 38.5 Å². The van der Waals surface area contributed by atoms with Gasteiger partial charge >= 0.3 is 0 Å². The van der Waals surface area contributed by atoms with Crippen molar-refractivity contribution in [1.29, 1.82) is 0 Å². The molecular weight excluding hydrogens is 538 g/mol. The molecule has 0 rings (SSSR count). The van der Waals surface area contributed by atoms with E-state index >= 15 is 0 Å². The molecule has 0 fully saturated rings. The number of rotatable bonds is 31. The van der Waals surface area contributed by atoms with E-state index in [0.29, 0.717) is 19.3 Å². The highest BCUT2D eigenvalue weighted by Crippen LogP contribution is 2.14. The van der Waals surface area contributed by atoms with Crippen LogP contribution in [0.15, 0.2) is 36.5 Å². The topological polar surface area (TPSA) is 110 Å². The molecule has 43 heavy (non-hydrogen) atoms. The maximum Gasteiger partial charge on any atom is 0.249 e. The van der Waals surface area contributed by atoms with Crippen LogP contribution in [0.4, 0.5) is 0 Å². The van der Waals surface area contributed by atoms with Crippen LogP contribution in [-0.4, -0.2) is 57.3 Å². The minimum Gasteiger partial charge on any atom is -0.394 e. The molecule has 0 spiro atoms. The first-order chi connectivity index (χ1) is 21.0. The maximum atomic E-state index is 12.4. The van der Waals surface area contributed by atoms with Gasteiger partial charge in [0.05, 0.1) is 18.8 Å². The van der Waals surface area contributed by atoms with Gasteiger partial charge < -0.3 is 25.7 Å². The van der Waals surface area contributed by atoms with Crippen molar-refractivity contribution in [2.45, 2.75) is 186 Å². The molecule has 0 aliphatic heterocycles. The first-order valence-electron chi connectivity index (χ1n) is 17.9. The number of aliphatic hydroxyl groups is 4. The van der Waals surface area contributed by atoms with Gasteiger partial charge in [-0.1, -0.05) is 134 Å². The maximum absolute atomic E-state index is 12.4. The molecule has 0 radical (unpaired) electrons. The molecule has 0 saturated carbocycles. The second-order valence-corrected chi connectivity index (χ2v) is 12.2. The van der Waals surface area contributed by atoms with Gasteiger partial charge in [-0.25, -0.2) is 0 Å². The summed E-state index contributed by atoms with van der Waals surface area (Å²) in [6.07, 6.45) is 34.6. The molecule has 0 bridgehead atoms. The van der Waals surface area contributed by atoms with Gasteiger partial charge in [-0.3, -0.25) is 4.79 Å². The number of amides is 1. The Bertz CT molecular complexity index is 692. The Morgan fingerprint density at radius 1 is 0.581 bits per heavy atom. The van der Waals surface area contributed by atoms with Crippen molar-refractivity contribution in [3.8, 4) is 0 Å². The van der Waals surface area contributed by atoms with Crippen LogP contribution in [-0.2, 0) is 4.79 Å². The van der Waals surface area contributed by atoms with Crippen LogP contribution in [0, 0.1) is 0 Å². The lowest BCUT2D eigenvalue weighted by Crippen LogP contribution is -2.53. The molecule has 252 valence electrons. The van der Waals surface area contributed by atoms with Gasteiger partial charge in [0.2, 0.25) is 5.91 Å². The molecule has 0 aliphatic rings. The third-order valence-electron chi connectivity index (χ3n) is 8.10. The van der Waals surface area contributed by atoms with Gasteiger partial charge in [0.25, 0.3) is 0 Å². The Balaban J connectivity index is 3.84. The molecule has 0 heterocycles.